The Bertz CT molecular complexity index is 605. The lowest BCUT2D eigenvalue weighted by Crippen LogP contribution is -2.54. The molecule has 1 atom stereocenters. The van der Waals surface area contributed by atoms with E-state index in [-0.39, 0.29) is 5.91 Å². The molecule has 1 aromatic carbocycles. The number of piperazine rings is 1. The molecule has 0 unspecified atom stereocenters. The van der Waals surface area contributed by atoms with E-state index in [2.05, 4.69) is 21.8 Å². The number of ether oxygens (including phenoxy) is 1. The van der Waals surface area contributed by atoms with E-state index < -0.39 is 0 Å². The largest absolute Gasteiger partial charge is 0.383 e. The first-order chi connectivity index (χ1) is 12.2. The SMILES string of the molecule is COCCN1CCN(CC(=O)N2CCC(c3ccccc3)=N2)C[C@@H]1C. The minimum Gasteiger partial charge on any atom is -0.383 e. The van der Waals surface area contributed by atoms with Crippen LogP contribution in [0.3, 0.4) is 0 Å². The number of amides is 1. The number of benzene rings is 1. The predicted molar refractivity (Wildman–Crippen MR) is 98.7 cm³/mol. The smallest absolute Gasteiger partial charge is 0.256 e. The van der Waals surface area contributed by atoms with Crippen LogP contribution in [0.1, 0.15) is 18.9 Å². The summed E-state index contributed by atoms with van der Waals surface area (Å²) in [7, 11) is 1.74. The Morgan fingerprint density at radius 3 is 2.76 bits per heavy atom. The fraction of sp³-hybridized carbons (Fsp3) is 0.579. The van der Waals surface area contributed by atoms with Gasteiger partial charge >= 0.3 is 0 Å². The van der Waals surface area contributed by atoms with Crippen LogP contribution in [-0.4, -0.2) is 85.5 Å². The maximum atomic E-state index is 12.6. The van der Waals surface area contributed by atoms with Gasteiger partial charge in [0.2, 0.25) is 0 Å². The number of hydrogen-bond donors (Lipinski definition) is 0. The summed E-state index contributed by atoms with van der Waals surface area (Å²) in [4.78, 5) is 17.3. The standard InChI is InChI=1S/C19H28N4O2/c1-16-14-21(10-11-22(16)12-13-25-2)15-19(24)23-9-8-18(20-23)17-6-4-3-5-7-17/h3-7,16H,8-15H2,1-2H3/t16-/m0/s1. The molecule has 1 aromatic rings. The van der Waals surface area contributed by atoms with Gasteiger partial charge in [0.1, 0.15) is 0 Å². The van der Waals surface area contributed by atoms with Gasteiger partial charge in [0.05, 0.1) is 25.4 Å². The van der Waals surface area contributed by atoms with Gasteiger partial charge in [-0.25, -0.2) is 5.01 Å². The summed E-state index contributed by atoms with van der Waals surface area (Å²) in [6, 6.07) is 10.6. The molecule has 0 spiro atoms. The highest BCUT2D eigenvalue weighted by molar-refractivity contribution is 6.02. The van der Waals surface area contributed by atoms with Gasteiger partial charge < -0.3 is 4.74 Å². The molecule has 0 N–H and O–H groups in total. The lowest BCUT2D eigenvalue weighted by molar-refractivity contribution is -0.132. The fourth-order valence-corrected chi connectivity index (χ4v) is 3.50. The van der Waals surface area contributed by atoms with E-state index in [0.29, 0.717) is 19.1 Å². The Morgan fingerprint density at radius 2 is 2.04 bits per heavy atom. The topological polar surface area (TPSA) is 48.4 Å². The third-order valence-corrected chi connectivity index (χ3v) is 4.99. The summed E-state index contributed by atoms with van der Waals surface area (Å²) in [6.45, 7) is 7.89. The first-order valence-corrected chi connectivity index (χ1v) is 9.06. The zero-order chi connectivity index (χ0) is 17.6. The second-order valence-corrected chi connectivity index (χ2v) is 6.79. The van der Waals surface area contributed by atoms with Crippen LogP contribution < -0.4 is 0 Å². The zero-order valence-electron chi connectivity index (χ0n) is 15.2. The summed E-state index contributed by atoms with van der Waals surface area (Å²) in [5, 5.41) is 6.19. The Morgan fingerprint density at radius 1 is 1.24 bits per heavy atom. The van der Waals surface area contributed by atoms with Crippen molar-refractivity contribution in [3.05, 3.63) is 35.9 Å². The summed E-state index contributed by atoms with van der Waals surface area (Å²) in [5.74, 6) is 0.100. The molecule has 25 heavy (non-hydrogen) atoms. The summed E-state index contributed by atoms with van der Waals surface area (Å²) >= 11 is 0. The van der Waals surface area contributed by atoms with Crippen molar-refractivity contribution in [3.8, 4) is 0 Å². The van der Waals surface area contributed by atoms with Gasteiger partial charge in [-0.1, -0.05) is 30.3 Å². The van der Waals surface area contributed by atoms with Crippen molar-refractivity contribution in [1.29, 1.82) is 0 Å². The van der Waals surface area contributed by atoms with Crippen LogP contribution >= 0.6 is 0 Å². The second kappa shape index (κ2) is 8.56. The minimum absolute atomic E-state index is 0.100. The number of methoxy groups -OCH3 is 1. The summed E-state index contributed by atoms with van der Waals surface area (Å²) in [6.07, 6.45) is 0.830. The van der Waals surface area contributed by atoms with Crippen molar-refractivity contribution < 1.29 is 9.53 Å². The normalized spacial score (nSPS) is 22.2. The molecule has 2 aliphatic heterocycles. The molecule has 0 saturated carbocycles. The number of carbonyl (C=O) groups is 1. The number of nitrogens with zero attached hydrogens (tertiary/aromatic N) is 4. The van der Waals surface area contributed by atoms with Crippen molar-refractivity contribution in [3.63, 3.8) is 0 Å². The number of hydrazone groups is 1. The van der Waals surface area contributed by atoms with E-state index in [9.17, 15) is 4.79 Å². The van der Waals surface area contributed by atoms with Gasteiger partial charge in [-0.05, 0) is 12.5 Å². The van der Waals surface area contributed by atoms with Crippen LogP contribution in [0, 0.1) is 0 Å². The lowest BCUT2D eigenvalue weighted by atomic mass is 10.1. The van der Waals surface area contributed by atoms with Gasteiger partial charge in [-0.2, -0.15) is 5.10 Å². The molecule has 6 nitrogen and oxygen atoms in total. The predicted octanol–water partition coefficient (Wildman–Crippen LogP) is 1.28. The Balaban J connectivity index is 1.51. The van der Waals surface area contributed by atoms with Crippen molar-refractivity contribution in [2.45, 2.75) is 19.4 Å². The van der Waals surface area contributed by atoms with Crippen LogP contribution in [0.4, 0.5) is 0 Å². The van der Waals surface area contributed by atoms with Crippen LogP contribution in [0.15, 0.2) is 35.4 Å². The molecule has 1 fully saturated rings. The molecule has 6 heteroatoms. The molecule has 136 valence electrons. The van der Waals surface area contributed by atoms with E-state index in [4.69, 9.17) is 4.74 Å². The van der Waals surface area contributed by atoms with Gasteiger partial charge in [0.25, 0.3) is 5.91 Å². The monoisotopic (exact) mass is 344 g/mol. The summed E-state index contributed by atoms with van der Waals surface area (Å²) < 4.78 is 5.17. The van der Waals surface area contributed by atoms with Crippen LogP contribution in [-0.2, 0) is 9.53 Å². The van der Waals surface area contributed by atoms with Crippen molar-refractivity contribution in [2.24, 2.45) is 5.10 Å². The molecule has 2 aliphatic rings. The highest BCUT2D eigenvalue weighted by Gasteiger charge is 2.27. The van der Waals surface area contributed by atoms with E-state index in [0.717, 1.165) is 50.5 Å². The zero-order valence-corrected chi connectivity index (χ0v) is 15.2. The van der Waals surface area contributed by atoms with E-state index in [1.807, 2.05) is 30.3 Å². The van der Waals surface area contributed by atoms with Crippen LogP contribution in [0.2, 0.25) is 0 Å². The van der Waals surface area contributed by atoms with Crippen LogP contribution in [0.25, 0.3) is 0 Å². The fourth-order valence-electron chi connectivity index (χ4n) is 3.50. The number of hydrogen-bond acceptors (Lipinski definition) is 5. The number of carbonyl (C=O) groups excluding carboxylic acids is 1. The Labute approximate surface area is 150 Å². The second-order valence-electron chi connectivity index (χ2n) is 6.79. The van der Waals surface area contributed by atoms with E-state index in [1.54, 1.807) is 12.1 Å². The van der Waals surface area contributed by atoms with Crippen LogP contribution in [0.5, 0.6) is 0 Å². The van der Waals surface area contributed by atoms with Gasteiger partial charge in [0.15, 0.2) is 0 Å². The molecule has 3 rings (SSSR count). The molecular weight excluding hydrogens is 316 g/mol. The Kier molecular flexibility index (Phi) is 6.18. The van der Waals surface area contributed by atoms with Crippen molar-refractivity contribution in [1.82, 2.24) is 14.8 Å². The lowest BCUT2D eigenvalue weighted by Gasteiger charge is -2.39. The van der Waals surface area contributed by atoms with E-state index in [1.165, 1.54) is 0 Å². The molecule has 0 bridgehead atoms. The average molecular weight is 344 g/mol. The van der Waals surface area contributed by atoms with Gasteiger partial charge in [-0.3, -0.25) is 14.6 Å². The van der Waals surface area contributed by atoms with Crippen molar-refractivity contribution in [2.75, 3.05) is 53.0 Å². The first-order valence-electron chi connectivity index (χ1n) is 9.06. The molecule has 0 radical (unpaired) electrons. The summed E-state index contributed by atoms with van der Waals surface area (Å²) in [5.41, 5.74) is 2.12. The molecule has 1 amide bonds. The third kappa shape index (κ3) is 4.66. The average Bonchev–Trinajstić information content (AvgIpc) is 3.12. The molecule has 0 aromatic heterocycles. The van der Waals surface area contributed by atoms with Gasteiger partial charge in [-0.15, -0.1) is 0 Å². The number of rotatable bonds is 6. The van der Waals surface area contributed by atoms with Gasteiger partial charge in [0, 0.05) is 45.8 Å². The van der Waals surface area contributed by atoms with E-state index >= 15 is 0 Å². The Hall–Kier alpha value is -1.76. The quantitative estimate of drug-likeness (QED) is 0.780. The highest BCUT2D eigenvalue weighted by atomic mass is 16.5. The maximum absolute atomic E-state index is 12.6. The molecule has 0 aliphatic carbocycles. The third-order valence-electron chi connectivity index (χ3n) is 4.99. The molecular formula is C19H28N4O2. The molecule has 1 saturated heterocycles. The maximum Gasteiger partial charge on any atom is 0.256 e. The van der Waals surface area contributed by atoms with Crippen molar-refractivity contribution >= 4 is 11.6 Å². The molecule has 2 heterocycles. The highest BCUT2D eigenvalue weighted by Crippen LogP contribution is 2.15. The minimum atomic E-state index is 0.100. The first kappa shape index (κ1) is 18.0.